The number of anilines is 1. The van der Waals surface area contributed by atoms with Crippen LogP contribution in [0.1, 0.15) is 19.3 Å². The van der Waals surface area contributed by atoms with Crippen molar-refractivity contribution in [2.75, 3.05) is 24.5 Å². The number of amides is 1. The van der Waals surface area contributed by atoms with E-state index in [1.54, 1.807) is 6.07 Å². The van der Waals surface area contributed by atoms with Gasteiger partial charge >= 0.3 is 6.18 Å². The molecular weight excluding hydrogens is 328 g/mol. The molecule has 2 atom stereocenters. The number of rotatable bonds is 2. The molecule has 0 unspecified atom stereocenters. The van der Waals surface area contributed by atoms with Crippen molar-refractivity contribution in [1.29, 1.82) is 0 Å². The molecule has 8 heteroatoms. The van der Waals surface area contributed by atoms with Crippen LogP contribution in [0.25, 0.3) is 0 Å². The van der Waals surface area contributed by atoms with Crippen LogP contribution >= 0.6 is 0 Å². The number of β-amino-alcohol motifs (C(OH)–C–C–N with tert-alkyl or cyclic N) is 1. The molecular formula is C16H18F4N2O2. The van der Waals surface area contributed by atoms with E-state index in [9.17, 15) is 27.5 Å². The van der Waals surface area contributed by atoms with E-state index in [0.29, 0.717) is 13.0 Å². The Labute approximate surface area is 136 Å². The molecule has 1 aromatic carbocycles. The number of alkyl halides is 3. The van der Waals surface area contributed by atoms with Crippen LogP contribution in [0.3, 0.4) is 0 Å². The first-order chi connectivity index (χ1) is 11.2. The first kappa shape index (κ1) is 17.2. The maximum Gasteiger partial charge on any atom is 0.418 e. The monoisotopic (exact) mass is 346 g/mol. The van der Waals surface area contributed by atoms with Gasteiger partial charge in [-0.3, -0.25) is 9.69 Å². The number of carbonyl (C=O) groups excluding carboxylic acids is 1. The van der Waals surface area contributed by atoms with Gasteiger partial charge in [-0.2, -0.15) is 13.2 Å². The van der Waals surface area contributed by atoms with Gasteiger partial charge in [-0.1, -0.05) is 12.1 Å². The second-order valence-electron chi connectivity index (χ2n) is 6.35. The number of carbonyl (C=O) groups is 1. The summed E-state index contributed by atoms with van der Waals surface area (Å²) < 4.78 is 53.0. The summed E-state index contributed by atoms with van der Waals surface area (Å²) >= 11 is 0. The van der Waals surface area contributed by atoms with Gasteiger partial charge in [0.25, 0.3) is 0 Å². The Bertz CT molecular complexity index is 637. The van der Waals surface area contributed by atoms with Gasteiger partial charge < -0.3 is 10.0 Å². The maximum absolute atomic E-state index is 13.9. The molecule has 4 nitrogen and oxygen atoms in total. The number of benzene rings is 1. The van der Waals surface area contributed by atoms with Gasteiger partial charge in [-0.25, -0.2) is 4.39 Å². The number of halogens is 4. The Kier molecular flexibility index (Phi) is 4.29. The summed E-state index contributed by atoms with van der Waals surface area (Å²) in [5, 5.41) is 9.90. The third kappa shape index (κ3) is 2.88. The highest BCUT2D eigenvalue weighted by Crippen LogP contribution is 2.39. The Morgan fingerprint density at radius 3 is 2.58 bits per heavy atom. The average Bonchev–Trinajstić information content (AvgIpc) is 2.88. The fraction of sp³-hybridized carbons (Fsp3) is 0.562. The molecule has 2 heterocycles. The molecule has 2 saturated heterocycles. The van der Waals surface area contributed by atoms with Crippen LogP contribution < -0.4 is 4.90 Å². The summed E-state index contributed by atoms with van der Waals surface area (Å²) in [7, 11) is 0. The van der Waals surface area contributed by atoms with Crippen LogP contribution in [0.2, 0.25) is 0 Å². The van der Waals surface area contributed by atoms with Crippen LogP contribution in [-0.4, -0.2) is 53.4 Å². The summed E-state index contributed by atoms with van der Waals surface area (Å²) in [5.74, 6) is -0.969. The third-order valence-electron chi connectivity index (χ3n) is 4.79. The Morgan fingerprint density at radius 1 is 1.21 bits per heavy atom. The van der Waals surface area contributed by atoms with Crippen LogP contribution in [0.4, 0.5) is 23.2 Å². The molecule has 0 saturated carbocycles. The topological polar surface area (TPSA) is 43.8 Å². The van der Waals surface area contributed by atoms with Crippen LogP contribution in [0.5, 0.6) is 0 Å². The standard InChI is InChI=1S/C16H18F4N2O2/c17-11-4-1-2-5-12(11)22-9-6-13(14(22)23)21-8-3-7-15(24,10-21)16(18,19)20/h1-2,4-5,13,24H,3,6-10H2/t13-,15-/m1/s1. The van der Waals surface area contributed by atoms with Gasteiger partial charge in [0.1, 0.15) is 5.82 Å². The second-order valence-corrected chi connectivity index (χ2v) is 6.35. The van der Waals surface area contributed by atoms with Crippen molar-refractivity contribution in [3.63, 3.8) is 0 Å². The molecule has 1 amide bonds. The van der Waals surface area contributed by atoms with E-state index in [4.69, 9.17) is 0 Å². The Morgan fingerprint density at radius 2 is 1.92 bits per heavy atom. The Hall–Kier alpha value is -1.67. The first-order valence-electron chi connectivity index (χ1n) is 7.82. The molecule has 3 rings (SSSR count). The first-order valence-corrected chi connectivity index (χ1v) is 7.82. The summed E-state index contributed by atoms with van der Waals surface area (Å²) in [4.78, 5) is 15.2. The van der Waals surface area contributed by atoms with Crippen molar-refractivity contribution in [1.82, 2.24) is 4.90 Å². The lowest BCUT2D eigenvalue weighted by Crippen LogP contribution is -2.60. The normalized spacial score (nSPS) is 29.3. The molecule has 2 aliphatic rings. The summed E-state index contributed by atoms with van der Waals surface area (Å²) in [5.41, 5.74) is -2.66. The predicted molar refractivity (Wildman–Crippen MR) is 79.0 cm³/mol. The maximum atomic E-state index is 13.9. The van der Waals surface area contributed by atoms with Gasteiger partial charge in [-0.05, 0) is 37.9 Å². The molecule has 1 aromatic rings. The van der Waals surface area contributed by atoms with E-state index < -0.39 is 36.1 Å². The molecule has 0 aromatic heterocycles. The molecule has 0 radical (unpaired) electrons. The zero-order chi connectivity index (χ0) is 17.5. The Balaban J connectivity index is 1.77. The number of likely N-dealkylation sites (tertiary alicyclic amines) is 1. The van der Waals surface area contributed by atoms with Gasteiger partial charge in [0, 0.05) is 13.1 Å². The van der Waals surface area contributed by atoms with Crippen LogP contribution in [0, 0.1) is 5.82 Å². The fourth-order valence-corrected chi connectivity index (χ4v) is 3.48. The highest BCUT2D eigenvalue weighted by molar-refractivity contribution is 5.99. The molecule has 2 fully saturated rings. The van der Waals surface area contributed by atoms with Gasteiger partial charge in [0.15, 0.2) is 5.60 Å². The fourth-order valence-electron chi connectivity index (χ4n) is 3.48. The number of nitrogens with zero attached hydrogens (tertiary/aromatic N) is 2. The zero-order valence-corrected chi connectivity index (χ0v) is 12.9. The minimum atomic E-state index is -4.74. The van der Waals surface area contributed by atoms with Crippen molar-refractivity contribution < 1.29 is 27.5 Å². The quantitative estimate of drug-likeness (QED) is 0.836. The molecule has 24 heavy (non-hydrogen) atoms. The van der Waals surface area contributed by atoms with Gasteiger partial charge in [0.05, 0.1) is 11.7 Å². The van der Waals surface area contributed by atoms with Crippen molar-refractivity contribution in [3.05, 3.63) is 30.1 Å². The number of piperidine rings is 1. The van der Waals surface area contributed by atoms with Crippen molar-refractivity contribution in [2.24, 2.45) is 0 Å². The number of hydrogen-bond donors (Lipinski definition) is 1. The zero-order valence-electron chi connectivity index (χ0n) is 12.9. The highest BCUT2D eigenvalue weighted by Gasteiger charge is 2.56. The lowest BCUT2D eigenvalue weighted by Gasteiger charge is -2.42. The number of aliphatic hydroxyl groups is 1. The summed E-state index contributed by atoms with van der Waals surface area (Å²) in [6, 6.07) is 5.04. The molecule has 0 spiro atoms. The van der Waals surface area contributed by atoms with Crippen LogP contribution in [0.15, 0.2) is 24.3 Å². The molecule has 0 bridgehead atoms. The smallest absolute Gasteiger partial charge is 0.379 e. The summed E-state index contributed by atoms with van der Waals surface area (Å²) in [6.45, 7) is -0.0801. The lowest BCUT2D eigenvalue weighted by atomic mass is 9.91. The molecule has 0 aliphatic carbocycles. The van der Waals surface area contributed by atoms with Crippen molar-refractivity contribution in [3.8, 4) is 0 Å². The molecule has 1 N–H and O–H groups in total. The van der Waals surface area contributed by atoms with Crippen molar-refractivity contribution >= 4 is 11.6 Å². The van der Waals surface area contributed by atoms with E-state index in [1.807, 2.05) is 0 Å². The minimum absolute atomic E-state index is 0.132. The molecule has 2 aliphatic heterocycles. The summed E-state index contributed by atoms with van der Waals surface area (Å²) in [6.07, 6.45) is -4.65. The van der Waals surface area contributed by atoms with Gasteiger partial charge in [-0.15, -0.1) is 0 Å². The van der Waals surface area contributed by atoms with Crippen LogP contribution in [-0.2, 0) is 4.79 Å². The minimum Gasteiger partial charge on any atom is -0.379 e. The van der Waals surface area contributed by atoms with Crippen molar-refractivity contribution in [2.45, 2.75) is 37.1 Å². The van der Waals surface area contributed by atoms with E-state index in [0.717, 1.165) is 0 Å². The largest absolute Gasteiger partial charge is 0.418 e. The predicted octanol–water partition coefficient (Wildman–Crippen LogP) is 2.32. The number of hydrogen-bond acceptors (Lipinski definition) is 3. The van der Waals surface area contributed by atoms with E-state index in [2.05, 4.69) is 0 Å². The average molecular weight is 346 g/mol. The third-order valence-corrected chi connectivity index (χ3v) is 4.79. The van der Waals surface area contributed by atoms with E-state index >= 15 is 0 Å². The van der Waals surface area contributed by atoms with E-state index in [1.165, 1.54) is 28.0 Å². The lowest BCUT2D eigenvalue weighted by molar-refractivity contribution is -0.275. The highest BCUT2D eigenvalue weighted by atomic mass is 19.4. The second kappa shape index (κ2) is 6.00. The molecule has 132 valence electrons. The SMILES string of the molecule is O=C1[C@H](N2CCC[C@](O)(C(F)(F)F)C2)CCN1c1ccccc1F. The number of para-hydroxylation sites is 1. The van der Waals surface area contributed by atoms with Gasteiger partial charge in [0.2, 0.25) is 5.91 Å². The van der Waals surface area contributed by atoms with E-state index in [-0.39, 0.29) is 25.1 Å².